The van der Waals surface area contributed by atoms with E-state index in [1.807, 2.05) is 0 Å². The number of phenolic OH excluding ortho intramolecular Hbond substituents is 2. The zero-order chi connectivity index (χ0) is 32.0. The van der Waals surface area contributed by atoms with Gasteiger partial charge in [-0.25, -0.2) is 9.78 Å². The predicted molar refractivity (Wildman–Crippen MR) is 162 cm³/mol. The number of rotatable bonds is 8. The number of benzene rings is 3. The Morgan fingerprint density at radius 3 is 2.22 bits per heavy atom. The number of phenols is 2. The Morgan fingerprint density at radius 2 is 1.57 bits per heavy atom. The van der Waals surface area contributed by atoms with E-state index in [2.05, 4.69) is 15.6 Å². The molecule has 1 saturated heterocycles. The number of nitrogens with zero attached hydrogens (tertiary/aromatic N) is 2. The van der Waals surface area contributed by atoms with Crippen molar-refractivity contribution in [2.24, 2.45) is 0 Å². The molecule has 2 unspecified atom stereocenters. The summed E-state index contributed by atoms with van der Waals surface area (Å²) in [5.74, 6) is -1.02. The Balaban J connectivity index is 1.00. The van der Waals surface area contributed by atoms with Crippen LogP contribution in [0.25, 0.3) is 0 Å². The van der Waals surface area contributed by atoms with Crippen LogP contribution in [0.5, 0.6) is 11.5 Å². The van der Waals surface area contributed by atoms with Gasteiger partial charge in [0.1, 0.15) is 23.4 Å². The second-order valence-corrected chi connectivity index (χ2v) is 11.7. The molecule has 12 nitrogen and oxygen atoms in total. The number of aromatic nitrogens is 2. The summed E-state index contributed by atoms with van der Waals surface area (Å²) < 4.78 is 13.2. The Morgan fingerprint density at radius 1 is 0.891 bits per heavy atom. The third kappa shape index (κ3) is 5.15. The van der Waals surface area contributed by atoms with Gasteiger partial charge < -0.3 is 40.0 Å². The van der Waals surface area contributed by atoms with Crippen LogP contribution in [0.3, 0.4) is 0 Å². The van der Waals surface area contributed by atoms with E-state index in [9.17, 15) is 29.7 Å². The van der Waals surface area contributed by atoms with Gasteiger partial charge in [0.05, 0.1) is 11.9 Å². The van der Waals surface area contributed by atoms with Crippen LogP contribution in [0.4, 0.5) is 0 Å². The van der Waals surface area contributed by atoms with Crippen molar-refractivity contribution in [2.75, 3.05) is 13.1 Å². The number of aliphatic hydroxyl groups excluding tert-OH is 1. The highest BCUT2D eigenvalue weighted by Gasteiger charge is 2.52. The molecule has 0 saturated carbocycles. The monoisotopic (exact) mass is 624 g/mol. The van der Waals surface area contributed by atoms with Crippen LogP contribution in [-0.2, 0) is 21.5 Å². The van der Waals surface area contributed by atoms with E-state index in [-0.39, 0.29) is 35.2 Å². The van der Waals surface area contributed by atoms with Gasteiger partial charge in [-0.05, 0) is 79.3 Å². The van der Waals surface area contributed by atoms with Crippen molar-refractivity contribution in [2.45, 2.75) is 50.2 Å². The van der Waals surface area contributed by atoms with Crippen molar-refractivity contribution in [1.29, 1.82) is 0 Å². The first-order valence-electron chi connectivity index (χ1n) is 15.2. The van der Waals surface area contributed by atoms with Gasteiger partial charge in [0.2, 0.25) is 0 Å². The summed E-state index contributed by atoms with van der Waals surface area (Å²) in [4.78, 5) is 43.0. The topological polar surface area (TPSA) is 172 Å². The van der Waals surface area contributed by atoms with Gasteiger partial charge in [-0.3, -0.25) is 9.59 Å². The summed E-state index contributed by atoms with van der Waals surface area (Å²) >= 11 is 0. The van der Waals surface area contributed by atoms with E-state index in [1.165, 1.54) is 6.33 Å². The summed E-state index contributed by atoms with van der Waals surface area (Å²) in [6.07, 6.45) is 4.79. The van der Waals surface area contributed by atoms with E-state index >= 15 is 0 Å². The molecular formula is C34H32N4O8. The Hall–Kier alpha value is -5.20. The Labute approximate surface area is 263 Å². The summed E-state index contributed by atoms with van der Waals surface area (Å²) in [5, 5.41) is 35.7. The molecule has 2 amide bonds. The van der Waals surface area contributed by atoms with Crippen LogP contribution in [0.15, 0.2) is 67.1 Å². The van der Waals surface area contributed by atoms with Gasteiger partial charge in [0, 0.05) is 48.0 Å². The second-order valence-electron chi connectivity index (χ2n) is 11.7. The summed E-state index contributed by atoms with van der Waals surface area (Å²) in [6, 6.07) is 14.6. The maximum absolute atomic E-state index is 13.2. The molecule has 0 bridgehead atoms. The normalized spacial score (nSPS) is 18.8. The maximum Gasteiger partial charge on any atom is 0.340 e. The maximum atomic E-state index is 13.2. The Bertz CT molecular complexity index is 1820. The number of carbonyl (C=O) groups excluding carboxylic acids is 3. The molecule has 1 fully saturated rings. The molecule has 3 aromatic carbocycles. The molecule has 0 radical (unpaired) electrons. The highest BCUT2D eigenvalue weighted by atomic mass is 16.6. The molecule has 7 rings (SSSR count). The van der Waals surface area contributed by atoms with Gasteiger partial charge in [-0.1, -0.05) is 12.1 Å². The van der Waals surface area contributed by atoms with Gasteiger partial charge >= 0.3 is 5.97 Å². The molecule has 5 N–H and O–H groups in total. The van der Waals surface area contributed by atoms with Crippen LogP contribution in [-0.4, -0.2) is 62.0 Å². The number of imidazole rings is 1. The first-order valence-corrected chi connectivity index (χ1v) is 15.2. The molecule has 1 aromatic heterocycles. The number of fused-ring (bicyclic) bond motifs is 6. The molecular weight excluding hydrogens is 592 g/mol. The molecule has 1 spiro atoms. The zero-order valence-corrected chi connectivity index (χ0v) is 24.7. The fourth-order valence-electron chi connectivity index (χ4n) is 6.57. The average Bonchev–Trinajstić information content (AvgIpc) is 3.77. The number of hydrogen-bond acceptors (Lipinski definition) is 9. The minimum Gasteiger partial charge on any atom is -0.508 e. The van der Waals surface area contributed by atoms with Crippen LogP contribution in [0.1, 0.15) is 90.9 Å². The van der Waals surface area contributed by atoms with Gasteiger partial charge in [-0.2, -0.15) is 0 Å². The highest BCUT2D eigenvalue weighted by molar-refractivity contribution is 6.00. The first-order chi connectivity index (χ1) is 22.2. The fourth-order valence-corrected chi connectivity index (χ4v) is 6.57. The van der Waals surface area contributed by atoms with E-state index in [0.29, 0.717) is 73.0 Å². The lowest BCUT2D eigenvalue weighted by molar-refractivity contribution is -0.112. The molecule has 12 heteroatoms. The van der Waals surface area contributed by atoms with Gasteiger partial charge in [0.15, 0.2) is 11.9 Å². The number of esters is 1. The van der Waals surface area contributed by atoms with Crippen molar-refractivity contribution < 1.29 is 39.2 Å². The summed E-state index contributed by atoms with van der Waals surface area (Å²) in [5.41, 5.74) is 2.99. The number of nitrogens with one attached hydrogen (secondary N) is 2. The lowest BCUT2D eigenvalue weighted by Gasteiger charge is -2.37. The molecule has 236 valence electrons. The summed E-state index contributed by atoms with van der Waals surface area (Å²) in [7, 11) is 0. The van der Waals surface area contributed by atoms with Crippen molar-refractivity contribution in [3.8, 4) is 11.5 Å². The standard InChI is InChI=1S/C34H32N4O8/c39-22-4-7-25-20(14-22)13-21-15-23(40)5-8-26(21)34(25)27-16-19(3-6-24(27)33(44)46-34)31(42)35-11-1-2-12-36-32(43)28-17-38(18-37-28)29-9-10-30(41)45-29/h3-8,14-18,29-30,39-41H,1-2,9-13H2,(H,35,42)(H,36,43). The minimum absolute atomic E-state index is 0.0708. The van der Waals surface area contributed by atoms with Crippen LogP contribution >= 0.6 is 0 Å². The van der Waals surface area contributed by atoms with E-state index in [1.54, 1.807) is 65.4 Å². The molecule has 1 aliphatic carbocycles. The number of hydrogen-bond donors (Lipinski definition) is 5. The lowest BCUT2D eigenvalue weighted by Crippen LogP contribution is -2.35. The molecule has 46 heavy (non-hydrogen) atoms. The molecule has 2 atom stereocenters. The van der Waals surface area contributed by atoms with Gasteiger partial charge in [0.25, 0.3) is 11.8 Å². The third-order valence-corrected chi connectivity index (χ3v) is 8.76. The number of amides is 2. The quantitative estimate of drug-likeness (QED) is 0.146. The number of unbranched alkanes of at least 4 members (excludes halogenated alkanes) is 1. The van der Waals surface area contributed by atoms with Crippen LogP contribution in [0.2, 0.25) is 0 Å². The van der Waals surface area contributed by atoms with Crippen LogP contribution < -0.4 is 10.6 Å². The zero-order valence-electron chi connectivity index (χ0n) is 24.7. The molecule has 3 aliphatic rings. The van der Waals surface area contributed by atoms with Crippen molar-refractivity contribution in [3.63, 3.8) is 0 Å². The average molecular weight is 625 g/mol. The highest BCUT2D eigenvalue weighted by Crippen LogP contribution is 2.53. The minimum atomic E-state index is -1.34. The van der Waals surface area contributed by atoms with Crippen molar-refractivity contribution in [1.82, 2.24) is 20.2 Å². The fraction of sp³-hybridized carbons (Fsp3) is 0.294. The number of ether oxygens (including phenoxy) is 2. The largest absolute Gasteiger partial charge is 0.508 e. The van der Waals surface area contributed by atoms with E-state index in [0.717, 1.165) is 11.1 Å². The number of aliphatic hydroxyl groups is 1. The third-order valence-electron chi connectivity index (χ3n) is 8.76. The second kappa shape index (κ2) is 11.6. The molecule has 2 aliphatic heterocycles. The molecule has 3 heterocycles. The lowest BCUT2D eigenvalue weighted by atomic mass is 9.71. The van der Waals surface area contributed by atoms with Gasteiger partial charge in [-0.15, -0.1) is 0 Å². The SMILES string of the molecule is O=C(NCCCCNC(=O)c1cn(C2CCC(O)O2)cn1)c1ccc2c(c1)C1(OC2=O)c2ccc(O)cc2Cc2cc(O)ccc21. The smallest absolute Gasteiger partial charge is 0.340 e. The predicted octanol–water partition coefficient (Wildman–Crippen LogP) is 3.23. The van der Waals surface area contributed by atoms with E-state index in [4.69, 9.17) is 9.47 Å². The van der Waals surface area contributed by atoms with Crippen molar-refractivity contribution >= 4 is 17.8 Å². The summed E-state index contributed by atoms with van der Waals surface area (Å²) in [6.45, 7) is 0.761. The number of aromatic hydroxyl groups is 2. The van der Waals surface area contributed by atoms with E-state index < -0.39 is 17.9 Å². The van der Waals surface area contributed by atoms with Crippen molar-refractivity contribution in [3.05, 3.63) is 112 Å². The first kappa shape index (κ1) is 29.5. The molecule has 4 aromatic rings. The van der Waals surface area contributed by atoms with Crippen LogP contribution in [0, 0.1) is 0 Å². The number of carbonyl (C=O) groups is 3. The Kier molecular flexibility index (Phi) is 7.46.